The van der Waals surface area contributed by atoms with Crippen molar-refractivity contribution >= 4 is 49.3 Å². The molecular weight excluding hydrogens is 661 g/mol. The Bertz CT molecular complexity index is 3160. The zero-order valence-electron chi connectivity index (χ0n) is 28.8. The van der Waals surface area contributed by atoms with Crippen LogP contribution in [0.15, 0.2) is 170 Å². The van der Waals surface area contributed by atoms with Crippen LogP contribution in [-0.2, 0) is 0 Å². The highest BCUT2D eigenvalue weighted by Crippen LogP contribution is 2.42. The second kappa shape index (κ2) is 12.5. The number of rotatable bonds is 5. The van der Waals surface area contributed by atoms with Gasteiger partial charge in [-0.2, -0.15) is 5.26 Å². The van der Waals surface area contributed by atoms with Crippen LogP contribution in [0.4, 0.5) is 5.69 Å². The number of benzene rings is 7. The topological polar surface area (TPSA) is 63.8 Å². The summed E-state index contributed by atoms with van der Waals surface area (Å²) in [5.74, 6) is 0.512. The van der Waals surface area contributed by atoms with E-state index in [9.17, 15) is 5.26 Å². The van der Waals surface area contributed by atoms with E-state index in [-0.39, 0.29) is 0 Å². The van der Waals surface area contributed by atoms with E-state index >= 15 is 0 Å². The maximum atomic E-state index is 10.6. The third-order valence-electron chi connectivity index (χ3n) is 10.2. The van der Waals surface area contributed by atoms with Crippen molar-refractivity contribution in [3.8, 4) is 51.3 Å². The molecule has 10 rings (SSSR count). The van der Waals surface area contributed by atoms with E-state index in [1.807, 2.05) is 91.0 Å². The second-order valence-electron chi connectivity index (χ2n) is 13.2. The van der Waals surface area contributed by atoms with Crippen LogP contribution in [0.25, 0.3) is 93.7 Å². The third-order valence-corrected chi connectivity index (χ3v) is 10.2. The highest BCUT2D eigenvalue weighted by atomic mass is 15.0. The molecule has 0 spiro atoms. The maximum absolute atomic E-state index is 10.6. The molecule has 0 N–H and O–H groups in total. The maximum Gasteiger partial charge on any atom is 0.211 e. The predicted molar refractivity (Wildman–Crippen MR) is 218 cm³/mol. The number of nitrogens with zero attached hydrogens (tertiary/aromatic N) is 6. The van der Waals surface area contributed by atoms with Crippen LogP contribution in [0.1, 0.15) is 5.56 Å². The molecule has 0 saturated heterocycles. The van der Waals surface area contributed by atoms with E-state index < -0.39 is 0 Å². The number of hydrogen-bond donors (Lipinski definition) is 0. The molecule has 0 amide bonds. The van der Waals surface area contributed by atoms with Gasteiger partial charge in [-0.3, -0.25) is 0 Å². The number of nitriles is 1. The molecule has 6 nitrogen and oxygen atoms in total. The summed E-state index contributed by atoms with van der Waals surface area (Å²) < 4.78 is 4.53. The average molecular weight is 689 g/mol. The zero-order chi connectivity index (χ0) is 36.2. The van der Waals surface area contributed by atoms with Crippen LogP contribution in [0, 0.1) is 17.9 Å². The van der Waals surface area contributed by atoms with Crippen LogP contribution in [0.5, 0.6) is 0 Å². The van der Waals surface area contributed by atoms with Crippen LogP contribution < -0.4 is 0 Å². The van der Waals surface area contributed by atoms with Crippen molar-refractivity contribution in [2.75, 3.05) is 0 Å². The summed E-state index contributed by atoms with van der Waals surface area (Å²) in [6.07, 6.45) is 0. The molecular formula is C48H28N6. The van der Waals surface area contributed by atoms with E-state index in [1.165, 1.54) is 0 Å². The largest absolute Gasteiger partial charge is 0.319 e. The van der Waals surface area contributed by atoms with Gasteiger partial charge in [0.05, 0.1) is 45.7 Å². The first kappa shape index (κ1) is 31.0. The molecule has 3 aromatic heterocycles. The van der Waals surface area contributed by atoms with Crippen molar-refractivity contribution in [2.45, 2.75) is 0 Å². The SMILES string of the molecule is [C-]#[N+]c1cc(-c2nc(-c3ccccc3)nc(-c3ccccc3)c2C#N)ccc1-n1c2ccccc2c2cc3c(cc21)c1ccccc1n3-c1ccccc1. The summed E-state index contributed by atoms with van der Waals surface area (Å²) in [4.78, 5) is 14.0. The standard InChI is InChI=1S/C48H28N6/c1-50-40-27-33(47-39(30-49)46(31-15-5-2-6-16-31)51-48(52-47)32-17-7-3-8-18-32)25-26-43(40)54-42-24-14-12-22-36(42)38-28-44-37(29-45(38)54)35-21-11-13-23-41(35)53(44)34-19-9-4-10-20-34/h2-29H. The zero-order valence-corrected chi connectivity index (χ0v) is 28.8. The minimum Gasteiger partial charge on any atom is -0.319 e. The van der Waals surface area contributed by atoms with Gasteiger partial charge in [-0.25, -0.2) is 14.8 Å². The minimum atomic E-state index is 0.360. The molecule has 0 aliphatic heterocycles. The fourth-order valence-corrected chi connectivity index (χ4v) is 7.79. The van der Waals surface area contributed by atoms with E-state index in [4.69, 9.17) is 16.5 Å². The molecule has 0 radical (unpaired) electrons. The lowest BCUT2D eigenvalue weighted by molar-refractivity contribution is 1.16. The quantitative estimate of drug-likeness (QED) is 0.169. The first-order valence-corrected chi connectivity index (χ1v) is 17.7. The Hall–Kier alpha value is -7.80. The lowest BCUT2D eigenvalue weighted by Gasteiger charge is -2.15. The molecule has 0 bridgehead atoms. The van der Waals surface area contributed by atoms with Gasteiger partial charge in [0.15, 0.2) is 5.82 Å². The summed E-state index contributed by atoms with van der Waals surface area (Å²) in [6, 6.07) is 59.6. The normalized spacial score (nSPS) is 11.3. The average Bonchev–Trinajstić information content (AvgIpc) is 3.75. The molecule has 6 heteroatoms. The van der Waals surface area contributed by atoms with Gasteiger partial charge in [0.2, 0.25) is 5.69 Å². The van der Waals surface area contributed by atoms with Gasteiger partial charge in [-0.1, -0.05) is 121 Å². The van der Waals surface area contributed by atoms with Crippen molar-refractivity contribution in [2.24, 2.45) is 0 Å². The molecule has 0 aliphatic carbocycles. The second-order valence-corrected chi connectivity index (χ2v) is 13.2. The van der Waals surface area contributed by atoms with Crippen LogP contribution in [0.2, 0.25) is 0 Å². The number of hydrogen-bond acceptors (Lipinski definition) is 3. The fourth-order valence-electron chi connectivity index (χ4n) is 7.79. The van der Waals surface area contributed by atoms with Gasteiger partial charge in [0.25, 0.3) is 0 Å². The molecule has 0 atom stereocenters. The van der Waals surface area contributed by atoms with Gasteiger partial charge in [0, 0.05) is 38.4 Å². The number of aromatic nitrogens is 4. The number of fused-ring (bicyclic) bond motifs is 6. The van der Waals surface area contributed by atoms with E-state index in [2.05, 4.69) is 98.9 Å². The van der Waals surface area contributed by atoms with Crippen molar-refractivity contribution in [1.82, 2.24) is 19.1 Å². The first-order chi connectivity index (χ1) is 26.7. The van der Waals surface area contributed by atoms with Gasteiger partial charge in [-0.15, -0.1) is 0 Å². The summed E-state index contributed by atoms with van der Waals surface area (Å²) in [6.45, 7) is 8.46. The Morgan fingerprint density at radius 2 is 1.00 bits per heavy atom. The van der Waals surface area contributed by atoms with Gasteiger partial charge < -0.3 is 9.13 Å². The minimum absolute atomic E-state index is 0.360. The van der Waals surface area contributed by atoms with Crippen molar-refractivity contribution in [3.63, 3.8) is 0 Å². The monoisotopic (exact) mass is 688 g/mol. The first-order valence-electron chi connectivity index (χ1n) is 17.7. The van der Waals surface area contributed by atoms with Crippen molar-refractivity contribution < 1.29 is 0 Å². The molecule has 0 aliphatic rings. The Labute approximate surface area is 310 Å². The molecule has 3 heterocycles. The van der Waals surface area contributed by atoms with Gasteiger partial charge in [0.1, 0.15) is 11.6 Å². The third kappa shape index (κ3) is 4.79. The van der Waals surface area contributed by atoms with Crippen LogP contribution in [0.3, 0.4) is 0 Å². The Morgan fingerprint density at radius 3 is 1.61 bits per heavy atom. The number of para-hydroxylation sites is 3. The smallest absolute Gasteiger partial charge is 0.211 e. The summed E-state index contributed by atoms with van der Waals surface area (Å²) in [7, 11) is 0. The molecule has 0 fully saturated rings. The van der Waals surface area contributed by atoms with Crippen molar-refractivity contribution in [3.05, 3.63) is 187 Å². The Balaban J connectivity index is 1.22. The molecule has 10 aromatic rings. The molecule has 0 saturated carbocycles. The molecule has 7 aromatic carbocycles. The van der Waals surface area contributed by atoms with E-state index in [0.29, 0.717) is 34.0 Å². The summed E-state index contributed by atoms with van der Waals surface area (Å²) in [5.41, 5.74) is 10.3. The van der Waals surface area contributed by atoms with Gasteiger partial charge >= 0.3 is 0 Å². The van der Waals surface area contributed by atoms with Crippen LogP contribution >= 0.6 is 0 Å². The summed E-state index contributed by atoms with van der Waals surface area (Å²) in [5, 5.41) is 15.1. The summed E-state index contributed by atoms with van der Waals surface area (Å²) >= 11 is 0. The Kier molecular flexibility index (Phi) is 7.15. The van der Waals surface area contributed by atoms with E-state index in [1.54, 1.807) is 0 Å². The molecule has 250 valence electrons. The molecule has 0 unspecified atom stereocenters. The van der Waals surface area contributed by atoms with E-state index in [0.717, 1.165) is 66.1 Å². The molecule has 54 heavy (non-hydrogen) atoms. The van der Waals surface area contributed by atoms with Crippen LogP contribution in [-0.4, -0.2) is 19.1 Å². The lowest BCUT2D eigenvalue weighted by atomic mass is 9.99. The lowest BCUT2D eigenvalue weighted by Crippen LogP contribution is -2.01. The van der Waals surface area contributed by atoms with Crippen molar-refractivity contribution in [1.29, 1.82) is 5.26 Å². The van der Waals surface area contributed by atoms with Gasteiger partial charge in [-0.05, 0) is 54.1 Å². The Morgan fingerprint density at radius 1 is 0.481 bits per heavy atom. The fraction of sp³-hybridized carbons (Fsp3) is 0. The predicted octanol–water partition coefficient (Wildman–Crippen LogP) is 12.1. The highest BCUT2D eigenvalue weighted by molar-refractivity contribution is 6.19. The highest BCUT2D eigenvalue weighted by Gasteiger charge is 2.22.